The van der Waals surface area contributed by atoms with E-state index in [4.69, 9.17) is 10.1 Å². The van der Waals surface area contributed by atoms with Gasteiger partial charge in [-0.1, -0.05) is 18.2 Å². The molecule has 0 aliphatic rings. The highest BCUT2D eigenvalue weighted by atomic mass is 32.2. The van der Waals surface area contributed by atoms with Crippen LogP contribution < -0.4 is 0 Å². The summed E-state index contributed by atoms with van der Waals surface area (Å²) in [5.74, 6) is 0. The molecule has 0 unspecified atom stereocenters. The minimum absolute atomic E-state index is 0.132. The quantitative estimate of drug-likeness (QED) is 0.235. The smallest absolute Gasteiger partial charge is 0.360 e. The number of rotatable bonds is 1. The fourth-order valence-corrected chi connectivity index (χ4v) is 1.38. The van der Waals surface area contributed by atoms with Crippen LogP contribution in [0.4, 0.5) is 0 Å². The highest BCUT2D eigenvalue weighted by Gasteiger charge is 2.26. The van der Waals surface area contributed by atoms with Crippen LogP contribution in [0.3, 0.4) is 0 Å². The molecule has 0 atom stereocenters. The van der Waals surface area contributed by atoms with E-state index in [2.05, 4.69) is 4.79 Å². The predicted octanol–water partition coefficient (Wildman–Crippen LogP) is 0.551. The normalized spacial score (nSPS) is 10.5. The van der Waals surface area contributed by atoms with Crippen LogP contribution in [0.15, 0.2) is 30.3 Å². The van der Waals surface area contributed by atoms with E-state index in [0.717, 1.165) is 0 Å². The van der Waals surface area contributed by atoms with Gasteiger partial charge in [-0.2, -0.15) is 13.2 Å². The summed E-state index contributed by atoms with van der Waals surface area (Å²) < 4.78 is 29.9. The molecular weight excluding hydrogens is 192 g/mol. The minimum Gasteiger partial charge on any atom is -0.360 e. The van der Waals surface area contributed by atoms with E-state index in [1.807, 2.05) is 0 Å². The molecule has 0 heterocycles. The molecule has 0 saturated heterocycles. The van der Waals surface area contributed by atoms with Gasteiger partial charge in [0.15, 0.2) is 0 Å². The second-order valence-corrected chi connectivity index (χ2v) is 3.58. The molecule has 6 heteroatoms. The van der Waals surface area contributed by atoms with Crippen molar-refractivity contribution in [3.63, 3.8) is 0 Å². The topological polar surface area (TPSA) is 90.8 Å². The Morgan fingerprint density at radius 1 is 1.31 bits per heavy atom. The summed E-state index contributed by atoms with van der Waals surface area (Å²) in [6, 6.07) is 7.60. The van der Waals surface area contributed by atoms with Crippen molar-refractivity contribution in [3.05, 3.63) is 41.4 Å². The molecule has 1 aromatic rings. The predicted molar refractivity (Wildman–Crippen MR) is 45.7 cm³/mol. The number of hydrogen-bond donors (Lipinski definition) is 1. The first-order chi connectivity index (χ1) is 6.05. The summed E-state index contributed by atoms with van der Waals surface area (Å²) in [5, 5.41) is -0.756. The zero-order chi connectivity index (χ0) is 9.90. The van der Waals surface area contributed by atoms with Crippen LogP contribution >= 0.6 is 0 Å². The van der Waals surface area contributed by atoms with Crippen LogP contribution in [0.1, 0.15) is 5.56 Å². The zero-order valence-electron chi connectivity index (χ0n) is 6.45. The van der Waals surface area contributed by atoms with Crippen molar-refractivity contribution in [2.75, 3.05) is 0 Å². The van der Waals surface area contributed by atoms with Gasteiger partial charge in [-0.25, -0.2) is 0 Å². The molecule has 0 spiro atoms. The first-order valence-corrected chi connectivity index (χ1v) is 4.74. The molecule has 1 N–H and O–H groups in total. The Morgan fingerprint density at radius 2 is 1.85 bits per heavy atom. The summed E-state index contributed by atoms with van der Waals surface area (Å²) >= 11 is 0. The maximum Gasteiger partial charge on any atom is 0.437 e. The lowest BCUT2D eigenvalue weighted by Crippen LogP contribution is -2.15. The molecule has 1 aromatic carbocycles. The molecule has 13 heavy (non-hydrogen) atoms. The fourth-order valence-electron chi connectivity index (χ4n) is 0.839. The van der Waals surface area contributed by atoms with E-state index in [1.165, 1.54) is 12.1 Å². The summed E-state index contributed by atoms with van der Waals surface area (Å²) in [5.41, 5.74) is 8.50. The third kappa shape index (κ3) is 2.22. The standard InChI is InChI=1S/C7H6N2O3S/c8-9-7(13(10,11)12)6-4-2-1-3-5-6/h1-5H,(H,10,11,12). The number of nitrogens with zero attached hydrogens (tertiary/aromatic N) is 2. The third-order valence-electron chi connectivity index (χ3n) is 1.36. The summed E-state index contributed by atoms with van der Waals surface area (Å²) in [4.78, 5) is 2.51. The lowest BCUT2D eigenvalue weighted by atomic mass is 10.2. The largest absolute Gasteiger partial charge is 0.437 e. The van der Waals surface area contributed by atoms with Gasteiger partial charge in [0.25, 0.3) is 0 Å². The summed E-state index contributed by atoms with van der Waals surface area (Å²) in [6.45, 7) is 0. The van der Waals surface area contributed by atoms with Crippen molar-refractivity contribution >= 4 is 15.2 Å². The van der Waals surface area contributed by atoms with Gasteiger partial charge in [-0.3, -0.25) is 4.55 Å². The Balaban J connectivity index is 3.32. The van der Waals surface area contributed by atoms with Gasteiger partial charge < -0.3 is 5.53 Å². The van der Waals surface area contributed by atoms with E-state index < -0.39 is 15.2 Å². The van der Waals surface area contributed by atoms with E-state index in [0.29, 0.717) is 0 Å². The van der Waals surface area contributed by atoms with Crippen molar-refractivity contribution in [2.24, 2.45) is 0 Å². The van der Waals surface area contributed by atoms with Crippen LogP contribution in [0, 0.1) is 0 Å². The van der Waals surface area contributed by atoms with Crippen LogP contribution in [0.2, 0.25) is 0 Å². The lowest BCUT2D eigenvalue weighted by Gasteiger charge is -1.90. The lowest BCUT2D eigenvalue weighted by molar-refractivity contribution is -0.0000808. The molecule has 0 aliphatic carbocycles. The number of hydrogen-bond acceptors (Lipinski definition) is 2. The van der Waals surface area contributed by atoms with Crippen LogP contribution in [0.25, 0.3) is 5.53 Å². The van der Waals surface area contributed by atoms with Crippen LogP contribution in [-0.2, 0) is 10.1 Å². The molecule has 5 nitrogen and oxygen atoms in total. The molecule has 68 valence electrons. The van der Waals surface area contributed by atoms with Gasteiger partial charge in [0.1, 0.15) is 0 Å². The molecule has 0 saturated carbocycles. The second kappa shape index (κ2) is 3.49. The maximum atomic E-state index is 10.6. The minimum atomic E-state index is -4.47. The van der Waals surface area contributed by atoms with E-state index in [-0.39, 0.29) is 5.56 Å². The van der Waals surface area contributed by atoms with Crippen molar-refractivity contribution < 1.29 is 17.8 Å². The molecular formula is C7H6N2O3S. The molecule has 1 rings (SSSR count). The highest BCUT2D eigenvalue weighted by Crippen LogP contribution is 2.02. The Morgan fingerprint density at radius 3 is 2.23 bits per heavy atom. The monoisotopic (exact) mass is 198 g/mol. The average Bonchev–Trinajstić information content (AvgIpc) is 2.05. The van der Waals surface area contributed by atoms with Gasteiger partial charge in [-0.05, 0) is 12.1 Å². The van der Waals surface area contributed by atoms with Crippen molar-refractivity contribution in [3.8, 4) is 0 Å². The first-order valence-electron chi connectivity index (χ1n) is 3.30. The number of benzene rings is 1. The van der Waals surface area contributed by atoms with Gasteiger partial charge in [0.2, 0.25) is 0 Å². The zero-order valence-corrected chi connectivity index (χ0v) is 7.27. The van der Waals surface area contributed by atoms with E-state index >= 15 is 0 Å². The molecule has 0 radical (unpaired) electrons. The molecule has 0 aliphatic heterocycles. The Hall–Kier alpha value is -1.49. The molecule has 0 fully saturated rings. The third-order valence-corrected chi connectivity index (χ3v) is 2.16. The summed E-state index contributed by atoms with van der Waals surface area (Å²) in [7, 11) is -4.47. The van der Waals surface area contributed by atoms with Gasteiger partial charge in [0.05, 0.1) is 5.56 Å². The first kappa shape index (κ1) is 9.60. The van der Waals surface area contributed by atoms with Gasteiger partial charge in [0, 0.05) is 0 Å². The second-order valence-electron chi connectivity index (χ2n) is 2.25. The molecule has 0 bridgehead atoms. The van der Waals surface area contributed by atoms with Crippen LogP contribution in [-0.4, -0.2) is 22.8 Å². The fraction of sp³-hybridized carbons (Fsp3) is 0. The average molecular weight is 198 g/mol. The Kier molecular flexibility index (Phi) is 2.57. The summed E-state index contributed by atoms with van der Waals surface area (Å²) in [6.07, 6.45) is 0. The Bertz CT molecular complexity index is 446. The molecule has 0 aromatic heterocycles. The van der Waals surface area contributed by atoms with Gasteiger partial charge >= 0.3 is 15.2 Å². The van der Waals surface area contributed by atoms with Crippen molar-refractivity contribution in [2.45, 2.75) is 0 Å². The van der Waals surface area contributed by atoms with Crippen molar-refractivity contribution in [1.29, 1.82) is 0 Å². The Labute approximate surface area is 75.0 Å². The molecule has 0 amide bonds. The SMILES string of the molecule is [N-]=[N+]=C(c1ccccc1)S(=O)(=O)O. The maximum absolute atomic E-state index is 10.6. The van der Waals surface area contributed by atoms with Gasteiger partial charge in [-0.15, -0.1) is 0 Å². The van der Waals surface area contributed by atoms with E-state index in [1.54, 1.807) is 18.2 Å². The highest BCUT2D eigenvalue weighted by molar-refractivity contribution is 8.01. The van der Waals surface area contributed by atoms with E-state index in [9.17, 15) is 8.42 Å². The van der Waals surface area contributed by atoms with Crippen molar-refractivity contribution in [1.82, 2.24) is 0 Å². The van der Waals surface area contributed by atoms with Crippen LogP contribution in [0.5, 0.6) is 0 Å².